The number of hydrogen-bond donors (Lipinski definition) is 2. The van der Waals surface area contributed by atoms with Crippen molar-refractivity contribution in [2.75, 3.05) is 0 Å². The van der Waals surface area contributed by atoms with Crippen LogP contribution in [0.2, 0.25) is 0 Å². The Morgan fingerprint density at radius 2 is 2.20 bits per heavy atom. The second-order valence-electron chi connectivity index (χ2n) is 2.66. The molecule has 0 spiro atoms. The van der Waals surface area contributed by atoms with Gasteiger partial charge in [0.1, 0.15) is 0 Å². The summed E-state index contributed by atoms with van der Waals surface area (Å²) in [5.74, 6) is -2.93. The molecule has 1 aromatic rings. The van der Waals surface area contributed by atoms with Crippen molar-refractivity contribution in [3.8, 4) is 0 Å². The molecule has 0 saturated carbocycles. The number of rotatable bonds is 3. The van der Waals surface area contributed by atoms with Crippen molar-refractivity contribution in [3.63, 3.8) is 0 Å². The van der Waals surface area contributed by atoms with Crippen LogP contribution in [0.5, 0.6) is 0 Å². The second-order valence-corrected chi connectivity index (χ2v) is 2.66. The highest BCUT2D eigenvalue weighted by atomic mass is 19.3. The molecule has 0 saturated heterocycles. The highest BCUT2D eigenvalue weighted by Crippen LogP contribution is 2.25. The number of alkyl halides is 2. The predicted octanol–water partition coefficient (Wildman–Crippen LogP) is 1.32. The summed E-state index contributed by atoms with van der Waals surface area (Å²) in [7, 11) is 0. The summed E-state index contributed by atoms with van der Waals surface area (Å²) >= 11 is 0. The summed E-state index contributed by atoms with van der Waals surface area (Å²) < 4.78 is 37.9. The van der Waals surface area contributed by atoms with E-state index in [1.807, 2.05) is 0 Å². The van der Waals surface area contributed by atoms with Gasteiger partial charge in [-0.05, 0) is 0 Å². The van der Waals surface area contributed by atoms with E-state index < -0.39 is 41.6 Å². The molecule has 0 bridgehead atoms. The van der Waals surface area contributed by atoms with Crippen LogP contribution in [-0.2, 0) is 6.54 Å². The number of carboxylic acids is 1. The normalized spacial score (nSPS) is 10.7. The molecule has 15 heavy (non-hydrogen) atoms. The molecule has 82 valence electrons. The molecule has 7 heteroatoms. The molecule has 3 N–H and O–H groups in total. The lowest BCUT2D eigenvalue weighted by atomic mass is 10.1. The third-order valence-electron chi connectivity index (χ3n) is 1.80. The summed E-state index contributed by atoms with van der Waals surface area (Å²) in [6.45, 7) is -0.506. The molecule has 1 aromatic heterocycles. The monoisotopic (exact) mass is 220 g/mol. The van der Waals surface area contributed by atoms with Gasteiger partial charge in [-0.1, -0.05) is 0 Å². The first kappa shape index (κ1) is 11.4. The van der Waals surface area contributed by atoms with Crippen molar-refractivity contribution < 1.29 is 23.1 Å². The van der Waals surface area contributed by atoms with Gasteiger partial charge in [0.2, 0.25) is 0 Å². The van der Waals surface area contributed by atoms with Gasteiger partial charge in [-0.25, -0.2) is 22.9 Å². The van der Waals surface area contributed by atoms with Gasteiger partial charge in [0.25, 0.3) is 6.43 Å². The minimum absolute atomic E-state index is 0.506. The zero-order valence-corrected chi connectivity index (χ0v) is 7.38. The van der Waals surface area contributed by atoms with Gasteiger partial charge in [-0.2, -0.15) is 0 Å². The zero-order chi connectivity index (χ0) is 11.6. The van der Waals surface area contributed by atoms with Crippen molar-refractivity contribution in [2.45, 2.75) is 13.0 Å². The first-order valence-electron chi connectivity index (χ1n) is 3.87. The largest absolute Gasteiger partial charge is 0.476 e. The molecule has 0 fully saturated rings. The van der Waals surface area contributed by atoms with Gasteiger partial charge in [0.15, 0.2) is 11.5 Å². The van der Waals surface area contributed by atoms with E-state index in [4.69, 9.17) is 10.8 Å². The Hall–Kier alpha value is -1.63. The number of nitrogens with zero attached hydrogens (tertiary/aromatic N) is 1. The smallest absolute Gasteiger partial charge is 0.357 e. The van der Waals surface area contributed by atoms with Crippen LogP contribution in [0.15, 0.2) is 6.20 Å². The highest BCUT2D eigenvalue weighted by molar-refractivity contribution is 5.85. The van der Waals surface area contributed by atoms with Crippen LogP contribution in [0.4, 0.5) is 13.2 Å². The molecule has 0 aliphatic carbocycles. The van der Waals surface area contributed by atoms with E-state index in [1.54, 1.807) is 0 Å². The van der Waals surface area contributed by atoms with Crippen molar-refractivity contribution in [2.24, 2.45) is 5.73 Å². The molecule has 0 unspecified atom stereocenters. The van der Waals surface area contributed by atoms with Crippen LogP contribution in [0.1, 0.15) is 28.0 Å². The van der Waals surface area contributed by atoms with Gasteiger partial charge in [0, 0.05) is 23.9 Å². The average molecular weight is 220 g/mol. The van der Waals surface area contributed by atoms with Gasteiger partial charge < -0.3 is 10.8 Å². The highest BCUT2D eigenvalue weighted by Gasteiger charge is 2.22. The molecule has 0 radical (unpaired) electrons. The summed E-state index contributed by atoms with van der Waals surface area (Å²) in [6, 6.07) is 0. The molecular weight excluding hydrogens is 213 g/mol. The molecule has 0 aromatic carbocycles. The molecule has 0 amide bonds. The fourth-order valence-electron chi connectivity index (χ4n) is 1.08. The van der Waals surface area contributed by atoms with Crippen molar-refractivity contribution >= 4 is 5.97 Å². The number of pyridine rings is 1. The van der Waals surface area contributed by atoms with E-state index >= 15 is 0 Å². The maximum absolute atomic E-state index is 13.3. The molecule has 4 nitrogen and oxygen atoms in total. The van der Waals surface area contributed by atoms with E-state index in [2.05, 4.69) is 4.98 Å². The summed E-state index contributed by atoms with van der Waals surface area (Å²) in [5, 5.41) is 8.48. The number of carbonyl (C=O) groups is 1. The maximum Gasteiger partial charge on any atom is 0.357 e. The van der Waals surface area contributed by atoms with E-state index in [0.29, 0.717) is 6.20 Å². The zero-order valence-electron chi connectivity index (χ0n) is 7.38. The van der Waals surface area contributed by atoms with Crippen LogP contribution < -0.4 is 5.73 Å². The Balaban J connectivity index is 3.39. The minimum atomic E-state index is -2.94. The quantitative estimate of drug-likeness (QED) is 0.805. The number of carboxylic acid groups (broad SMARTS) is 1. The van der Waals surface area contributed by atoms with E-state index in [1.165, 1.54) is 0 Å². The standard InChI is InChI=1S/C8H7F3N2O2/c9-5-3(1-12)4(7(10)11)2-13-6(5)8(14)15/h2,7H,1,12H2,(H,14,15). The van der Waals surface area contributed by atoms with Crippen molar-refractivity contribution in [3.05, 3.63) is 28.8 Å². The summed E-state index contributed by atoms with van der Waals surface area (Å²) in [5.41, 5.74) is 2.96. The van der Waals surface area contributed by atoms with Crippen molar-refractivity contribution in [1.29, 1.82) is 0 Å². The fourth-order valence-corrected chi connectivity index (χ4v) is 1.08. The van der Waals surface area contributed by atoms with E-state index in [9.17, 15) is 18.0 Å². The molecule has 0 aliphatic heterocycles. The average Bonchev–Trinajstić information content (AvgIpc) is 2.16. The van der Waals surface area contributed by atoms with Gasteiger partial charge in [0.05, 0.1) is 0 Å². The lowest BCUT2D eigenvalue weighted by molar-refractivity contribution is 0.0683. The Labute approximate surface area is 82.5 Å². The lowest BCUT2D eigenvalue weighted by Crippen LogP contribution is -2.13. The van der Waals surface area contributed by atoms with E-state index in [-0.39, 0.29) is 0 Å². The molecule has 0 atom stereocenters. The first-order valence-corrected chi connectivity index (χ1v) is 3.87. The van der Waals surface area contributed by atoms with Crippen LogP contribution in [0.25, 0.3) is 0 Å². The van der Waals surface area contributed by atoms with Gasteiger partial charge >= 0.3 is 5.97 Å². The maximum atomic E-state index is 13.3. The Morgan fingerprint density at radius 1 is 1.60 bits per heavy atom. The number of aromatic nitrogens is 1. The SMILES string of the molecule is NCc1c(C(F)F)cnc(C(=O)O)c1F. The third-order valence-corrected chi connectivity index (χ3v) is 1.80. The number of nitrogens with two attached hydrogens (primary N) is 1. The lowest BCUT2D eigenvalue weighted by Gasteiger charge is -2.08. The Morgan fingerprint density at radius 3 is 2.60 bits per heavy atom. The Bertz CT molecular complexity index is 396. The van der Waals surface area contributed by atoms with Crippen LogP contribution in [0, 0.1) is 5.82 Å². The van der Waals surface area contributed by atoms with Crippen molar-refractivity contribution in [1.82, 2.24) is 4.98 Å². The third kappa shape index (κ3) is 2.07. The van der Waals surface area contributed by atoms with E-state index in [0.717, 1.165) is 0 Å². The molecule has 1 heterocycles. The fraction of sp³-hybridized carbons (Fsp3) is 0.250. The number of halogens is 3. The first-order chi connectivity index (χ1) is 6.99. The summed E-state index contributed by atoms with van der Waals surface area (Å²) in [6.07, 6.45) is -2.31. The molecular formula is C8H7F3N2O2. The van der Waals surface area contributed by atoms with Gasteiger partial charge in [-0.15, -0.1) is 0 Å². The Kier molecular flexibility index (Phi) is 3.25. The van der Waals surface area contributed by atoms with Gasteiger partial charge in [-0.3, -0.25) is 0 Å². The number of aromatic carboxylic acids is 1. The second kappa shape index (κ2) is 4.26. The minimum Gasteiger partial charge on any atom is -0.476 e. The predicted molar refractivity (Wildman–Crippen MR) is 44.0 cm³/mol. The van der Waals surface area contributed by atoms with Crippen LogP contribution in [0.3, 0.4) is 0 Å². The summed E-state index contributed by atoms with van der Waals surface area (Å²) in [4.78, 5) is 13.5. The van der Waals surface area contributed by atoms with Crippen LogP contribution >= 0.6 is 0 Å². The van der Waals surface area contributed by atoms with Crippen LogP contribution in [-0.4, -0.2) is 16.1 Å². The molecule has 1 rings (SSSR count). The number of hydrogen-bond acceptors (Lipinski definition) is 3. The topological polar surface area (TPSA) is 76.2 Å². The molecule has 0 aliphatic rings.